The fourth-order valence-corrected chi connectivity index (χ4v) is 7.10. The number of fused-ring (bicyclic) bond motifs is 13. The van der Waals surface area contributed by atoms with E-state index in [0.29, 0.717) is 19.6 Å². The topological polar surface area (TPSA) is 69.6 Å². The molecule has 3 aliphatic heterocycles. The smallest absolute Gasteiger partial charge is 0.360 e. The predicted molar refractivity (Wildman–Crippen MR) is 127 cm³/mol. The van der Waals surface area contributed by atoms with Crippen molar-refractivity contribution in [3.05, 3.63) is 70.8 Å². The van der Waals surface area contributed by atoms with Crippen molar-refractivity contribution in [2.24, 2.45) is 0 Å². The van der Waals surface area contributed by atoms with Gasteiger partial charge in [0.15, 0.2) is 0 Å². The molecule has 0 saturated carbocycles. The second-order valence-corrected chi connectivity index (χ2v) is 9.67. The summed E-state index contributed by atoms with van der Waals surface area (Å²) >= 11 is 0. The molecule has 4 aliphatic rings. The van der Waals surface area contributed by atoms with E-state index in [1.54, 1.807) is 0 Å². The fourth-order valence-electron chi connectivity index (χ4n) is 7.10. The second kappa shape index (κ2) is 6.07. The van der Waals surface area contributed by atoms with Gasteiger partial charge < -0.3 is 19.4 Å². The molecule has 4 aromatic rings. The number of carbonyl (C=O) groups is 2. The first kappa shape index (κ1) is 18.7. The van der Waals surface area contributed by atoms with Crippen molar-refractivity contribution in [3.8, 4) is 11.1 Å². The Morgan fingerprint density at radius 3 is 2.88 bits per heavy atom. The van der Waals surface area contributed by atoms with Crippen LogP contribution in [0, 0.1) is 0 Å². The largest absolute Gasteiger partial charge is 0.462 e. The molecule has 3 atom stereocenters. The van der Waals surface area contributed by atoms with E-state index < -0.39 is 5.72 Å². The SMILES string of the molecule is CCOC(=O)C12CCC(O1)C1c3ccccc3-c3c4c(c5c6ccccc6n2c5c31)CNC4=O. The lowest BCUT2D eigenvalue weighted by atomic mass is 9.85. The van der Waals surface area contributed by atoms with Gasteiger partial charge in [-0.3, -0.25) is 4.79 Å². The normalized spacial score (nSPS) is 25.4. The Morgan fingerprint density at radius 1 is 1.18 bits per heavy atom. The van der Waals surface area contributed by atoms with Crippen molar-refractivity contribution in [2.75, 3.05) is 6.61 Å². The lowest BCUT2D eigenvalue weighted by Gasteiger charge is -2.29. The van der Waals surface area contributed by atoms with Crippen LogP contribution in [-0.2, 0) is 26.5 Å². The highest BCUT2D eigenvalue weighted by molar-refractivity contribution is 6.21. The van der Waals surface area contributed by atoms with Gasteiger partial charge in [0.1, 0.15) is 0 Å². The molecule has 168 valence electrons. The van der Waals surface area contributed by atoms with Crippen molar-refractivity contribution in [1.82, 2.24) is 9.88 Å². The zero-order valence-corrected chi connectivity index (χ0v) is 18.7. The summed E-state index contributed by atoms with van der Waals surface area (Å²) in [6.07, 6.45) is 1.14. The third-order valence-corrected chi connectivity index (χ3v) is 8.22. The van der Waals surface area contributed by atoms with E-state index in [4.69, 9.17) is 9.47 Å². The minimum absolute atomic E-state index is 0.0223. The molecule has 2 bridgehead atoms. The van der Waals surface area contributed by atoms with E-state index >= 15 is 0 Å². The van der Waals surface area contributed by atoms with Crippen LogP contribution in [0.5, 0.6) is 0 Å². The van der Waals surface area contributed by atoms with Crippen LogP contribution in [0.4, 0.5) is 0 Å². The number of amides is 1. The van der Waals surface area contributed by atoms with Gasteiger partial charge in [-0.25, -0.2) is 4.79 Å². The number of hydrogen-bond acceptors (Lipinski definition) is 4. The molecule has 8 rings (SSSR count). The molecule has 6 nitrogen and oxygen atoms in total. The first-order chi connectivity index (χ1) is 16.7. The van der Waals surface area contributed by atoms with Crippen LogP contribution in [0.15, 0.2) is 48.5 Å². The summed E-state index contributed by atoms with van der Waals surface area (Å²) in [5.74, 6) is -0.392. The molecule has 1 saturated heterocycles. The van der Waals surface area contributed by atoms with Crippen molar-refractivity contribution >= 4 is 33.7 Å². The van der Waals surface area contributed by atoms with Crippen LogP contribution in [0.1, 0.15) is 52.7 Å². The molecular weight excluding hydrogens is 428 g/mol. The minimum atomic E-state index is -1.21. The molecule has 1 fully saturated rings. The van der Waals surface area contributed by atoms with E-state index in [0.717, 1.165) is 56.0 Å². The molecule has 0 spiro atoms. The van der Waals surface area contributed by atoms with E-state index in [1.807, 2.05) is 25.1 Å². The minimum Gasteiger partial charge on any atom is -0.462 e. The number of hydrogen-bond donors (Lipinski definition) is 1. The first-order valence-corrected chi connectivity index (χ1v) is 12.0. The number of nitrogens with zero attached hydrogens (tertiary/aromatic N) is 1. The van der Waals surface area contributed by atoms with Crippen LogP contribution in [0.25, 0.3) is 32.9 Å². The van der Waals surface area contributed by atoms with Crippen LogP contribution in [0.3, 0.4) is 0 Å². The number of ether oxygens (including phenoxy) is 2. The standard InChI is InChI=1S/C28H22N2O4/c1-2-33-27(32)28-12-11-19(34-28)21-14-7-3-4-8-15(14)22-23-17(13-29-26(23)31)20-16-9-5-6-10-18(16)30(28)25(20)24(21)22/h3-10,19,21H,2,11-13H2,1H3,(H,29,31). The number of para-hydroxylation sites is 1. The number of nitrogens with one attached hydrogen (secondary N) is 1. The average molecular weight is 450 g/mol. The summed E-state index contributed by atoms with van der Waals surface area (Å²) in [6.45, 7) is 2.61. The van der Waals surface area contributed by atoms with Crippen molar-refractivity contribution in [3.63, 3.8) is 0 Å². The number of rotatable bonds is 2. The Labute approximate surface area is 195 Å². The maximum atomic E-state index is 13.6. The third-order valence-electron chi connectivity index (χ3n) is 8.22. The number of benzene rings is 3. The van der Waals surface area contributed by atoms with Gasteiger partial charge >= 0.3 is 5.97 Å². The van der Waals surface area contributed by atoms with Crippen molar-refractivity contribution < 1.29 is 19.1 Å². The number of esters is 1. The number of carbonyl (C=O) groups excluding carboxylic acids is 2. The zero-order chi connectivity index (χ0) is 22.8. The fraction of sp³-hybridized carbons (Fsp3) is 0.286. The van der Waals surface area contributed by atoms with Gasteiger partial charge in [-0.2, -0.15) is 0 Å². The Kier molecular flexibility index (Phi) is 3.35. The maximum absolute atomic E-state index is 13.6. The molecule has 1 N–H and O–H groups in total. The van der Waals surface area contributed by atoms with Crippen LogP contribution in [0.2, 0.25) is 0 Å². The lowest BCUT2D eigenvalue weighted by Crippen LogP contribution is -2.43. The molecule has 4 heterocycles. The highest BCUT2D eigenvalue weighted by atomic mass is 16.6. The molecule has 1 amide bonds. The monoisotopic (exact) mass is 450 g/mol. The Hall–Kier alpha value is -3.64. The van der Waals surface area contributed by atoms with E-state index in [-0.39, 0.29) is 23.9 Å². The lowest BCUT2D eigenvalue weighted by molar-refractivity contribution is -0.184. The third kappa shape index (κ3) is 1.91. The highest BCUT2D eigenvalue weighted by Gasteiger charge is 2.58. The van der Waals surface area contributed by atoms with Crippen LogP contribution in [-0.4, -0.2) is 29.2 Å². The molecule has 3 aromatic carbocycles. The Bertz CT molecular complexity index is 1620. The van der Waals surface area contributed by atoms with Gasteiger partial charge in [-0.1, -0.05) is 42.5 Å². The Balaban J connectivity index is 1.65. The molecule has 6 heteroatoms. The van der Waals surface area contributed by atoms with Gasteiger partial charge in [0, 0.05) is 35.2 Å². The van der Waals surface area contributed by atoms with E-state index in [2.05, 4.69) is 40.2 Å². The molecule has 3 unspecified atom stereocenters. The quantitative estimate of drug-likeness (QED) is 0.455. The zero-order valence-electron chi connectivity index (χ0n) is 18.7. The van der Waals surface area contributed by atoms with E-state index in [9.17, 15) is 9.59 Å². The predicted octanol–water partition coefficient (Wildman–Crippen LogP) is 4.56. The highest BCUT2D eigenvalue weighted by Crippen LogP contribution is 2.60. The van der Waals surface area contributed by atoms with E-state index in [1.165, 1.54) is 5.56 Å². The summed E-state index contributed by atoms with van der Waals surface area (Å²) in [7, 11) is 0. The van der Waals surface area contributed by atoms with Gasteiger partial charge in [-0.05, 0) is 41.7 Å². The van der Waals surface area contributed by atoms with Gasteiger partial charge in [-0.15, -0.1) is 0 Å². The molecular formula is C28H22N2O4. The van der Waals surface area contributed by atoms with Crippen molar-refractivity contribution in [1.29, 1.82) is 0 Å². The average Bonchev–Trinajstić information content (AvgIpc) is 3.58. The first-order valence-electron chi connectivity index (χ1n) is 12.0. The summed E-state index contributed by atoms with van der Waals surface area (Å²) < 4.78 is 14.6. The second-order valence-electron chi connectivity index (χ2n) is 9.67. The summed E-state index contributed by atoms with van der Waals surface area (Å²) in [6, 6.07) is 16.5. The molecule has 0 radical (unpaired) electrons. The number of aromatic nitrogens is 1. The Morgan fingerprint density at radius 2 is 2.00 bits per heavy atom. The van der Waals surface area contributed by atoms with Gasteiger partial charge in [0.25, 0.3) is 5.91 Å². The summed E-state index contributed by atoms with van der Waals surface area (Å²) in [5, 5.41) is 5.18. The maximum Gasteiger partial charge on any atom is 0.360 e. The molecule has 34 heavy (non-hydrogen) atoms. The van der Waals surface area contributed by atoms with Gasteiger partial charge in [0.05, 0.1) is 29.3 Å². The van der Waals surface area contributed by atoms with Crippen LogP contribution >= 0.6 is 0 Å². The van der Waals surface area contributed by atoms with Crippen molar-refractivity contribution in [2.45, 2.75) is 44.1 Å². The van der Waals surface area contributed by atoms with Crippen LogP contribution < -0.4 is 5.32 Å². The molecule has 1 aromatic heterocycles. The summed E-state index contributed by atoms with van der Waals surface area (Å²) in [4.78, 5) is 26.9. The molecule has 1 aliphatic carbocycles. The van der Waals surface area contributed by atoms with Gasteiger partial charge in [0.2, 0.25) is 5.72 Å². The summed E-state index contributed by atoms with van der Waals surface area (Å²) in [5.41, 5.74) is 6.96.